The molecule has 8 heteroatoms. The van der Waals surface area contributed by atoms with Gasteiger partial charge in [0.15, 0.2) is 5.13 Å². The fraction of sp³-hybridized carbons (Fsp3) is 0.429. The number of hydrogen-bond donors (Lipinski definition) is 0. The van der Waals surface area contributed by atoms with E-state index in [0.29, 0.717) is 5.71 Å². The zero-order valence-corrected chi connectivity index (χ0v) is 13.5. The predicted octanol–water partition coefficient (Wildman–Crippen LogP) is 2.01. The Morgan fingerprint density at radius 3 is 3.00 bits per heavy atom. The lowest BCUT2D eigenvalue weighted by molar-refractivity contribution is 0.442. The second kappa shape index (κ2) is 4.91. The quantitative estimate of drug-likeness (QED) is 0.716. The molecule has 1 aliphatic heterocycles. The van der Waals surface area contributed by atoms with Crippen molar-refractivity contribution in [3.05, 3.63) is 22.6 Å². The lowest BCUT2D eigenvalue weighted by Crippen LogP contribution is -2.30. The van der Waals surface area contributed by atoms with Gasteiger partial charge < -0.3 is 14.3 Å². The highest BCUT2D eigenvalue weighted by molar-refractivity contribution is 7.15. The Balaban J connectivity index is 1.73. The Bertz CT molecular complexity index is 839. The van der Waals surface area contributed by atoms with Crippen LogP contribution in [0.3, 0.4) is 0 Å². The first kappa shape index (κ1) is 13.4. The van der Waals surface area contributed by atoms with Crippen LogP contribution in [0.1, 0.15) is 16.3 Å². The monoisotopic (exact) mass is 316 g/mol. The second-order valence-corrected chi connectivity index (χ2v) is 6.64. The molecule has 3 aromatic heterocycles. The van der Waals surface area contributed by atoms with Gasteiger partial charge in [-0.2, -0.15) is 4.98 Å². The van der Waals surface area contributed by atoms with Crippen molar-refractivity contribution in [3.8, 4) is 0 Å². The van der Waals surface area contributed by atoms with Crippen molar-refractivity contribution < 1.29 is 4.52 Å². The van der Waals surface area contributed by atoms with E-state index in [0.717, 1.165) is 41.5 Å². The van der Waals surface area contributed by atoms with Gasteiger partial charge in [0, 0.05) is 31.9 Å². The van der Waals surface area contributed by atoms with Crippen LogP contribution in [0.5, 0.6) is 0 Å². The van der Waals surface area contributed by atoms with Crippen LogP contribution < -0.4 is 9.80 Å². The molecule has 3 aromatic rings. The van der Waals surface area contributed by atoms with E-state index in [1.807, 2.05) is 21.0 Å². The van der Waals surface area contributed by atoms with Gasteiger partial charge in [-0.1, -0.05) is 16.5 Å². The van der Waals surface area contributed by atoms with Gasteiger partial charge in [-0.3, -0.25) is 0 Å². The average molecular weight is 316 g/mol. The van der Waals surface area contributed by atoms with Crippen molar-refractivity contribution in [2.75, 3.05) is 30.4 Å². The molecule has 0 amide bonds. The van der Waals surface area contributed by atoms with E-state index in [1.165, 1.54) is 16.9 Å². The summed E-state index contributed by atoms with van der Waals surface area (Å²) < 4.78 is 5.24. The summed E-state index contributed by atoms with van der Waals surface area (Å²) in [4.78, 5) is 18.9. The molecule has 0 N–H and O–H groups in total. The van der Waals surface area contributed by atoms with Crippen molar-refractivity contribution in [1.82, 2.24) is 20.1 Å². The van der Waals surface area contributed by atoms with Gasteiger partial charge in [0.1, 0.15) is 17.5 Å². The van der Waals surface area contributed by atoms with E-state index < -0.39 is 0 Å². The van der Waals surface area contributed by atoms with Crippen LogP contribution in [0, 0.1) is 6.92 Å². The maximum absolute atomic E-state index is 5.24. The highest BCUT2D eigenvalue weighted by Gasteiger charge is 2.25. The Morgan fingerprint density at radius 1 is 1.32 bits per heavy atom. The predicted molar refractivity (Wildman–Crippen MR) is 85.5 cm³/mol. The first-order valence-corrected chi connectivity index (χ1v) is 7.93. The molecule has 0 spiro atoms. The molecule has 0 atom stereocenters. The maximum Gasteiger partial charge on any atom is 0.263 e. The Labute approximate surface area is 131 Å². The molecule has 7 nitrogen and oxygen atoms in total. The van der Waals surface area contributed by atoms with Crippen LogP contribution in [0.2, 0.25) is 0 Å². The largest absolute Gasteiger partial charge is 0.354 e. The summed E-state index contributed by atoms with van der Waals surface area (Å²) in [7, 11) is 4.05. The Morgan fingerprint density at radius 2 is 2.18 bits per heavy atom. The molecule has 114 valence electrons. The molecule has 1 aliphatic rings. The normalized spacial score (nSPS) is 14.4. The van der Waals surface area contributed by atoms with Gasteiger partial charge >= 0.3 is 0 Å². The van der Waals surface area contributed by atoms with Gasteiger partial charge in [0.2, 0.25) is 0 Å². The van der Waals surface area contributed by atoms with Gasteiger partial charge in [-0.15, -0.1) is 0 Å². The minimum atomic E-state index is 0.548. The lowest BCUT2D eigenvalue weighted by atomic mass is 10.1. The van der Waals surface area contributed by atoms with E-state index in [1.54, 1.807) is 11.3 Å². The standard InChI is InChI=1S/C14H16N6OS/c1-8-11-12(15-7-16-13(11)21-18-8)20-5-4-9-10(6-20)22-14(17-9)19(2)3/h7H,4-6H2,1-3H3. The highest BCUT2D eigenvalue weighted by Crippen LogP contribution is 2.33. The van der Waals surface area contributed by atoms with Crippen molar-refractivity contribution in [3.63, 3.8) is 0 Å². The van der Waals surface area contributed by atoms with Crippen LogP contribution in [0.15, 0.2) is 10.9 Å². The van der Waals surface area contributed by atoms with Crippen molar-refractivity contribution in [1.29, 1.82) is 0 Å². The molecule has 4 heterocycles. The van der Waals surface area contributed by atoms with E-state index in [4.69, 9.17) is 9.51 Å². The molecule has 4 rings (SSSR count). The van der Waals surface area contributed by atoms with E-state index in [2.05, 4.69) is 24.9 Å². The number of aromatic nitrogens is 4. The number of rotatable bonds is 2. The van der Waals surface area contributed by atoms with Crippen LogP contribution in [0.25, 0.3) is 11.1 Å². The van der Waals surface area contributed by atoms with Crippen molar-refractivity contribution in [2.24, 2.45) is 0 Å². The van der Waals surface area contributed by atoms with Gasteiger partial charge in [0.25, 0.3) is 5.71 Å². The number of hydrogen-bond acceptors (Lipinski definition) is 8. The minimum absolute atomic E-state index is 0.548. The average Bonchev–Trinajstić information content (AvgIpc) is 3.10. The molecule has 0 unspecified atom stereocenters. The fourth-order valence-electron chi connectivity index (χ4n) is 2.70. The number of thiazole rings is 1. The summed E-state index contributed by atoms with van der Waals surface area (Å²) in [6.45, 7) is 3.63. The third-order valence-corrected chi connectivity index (χ3v) is 5.08. The summed E-state index contributed by atoms with van der Waals surface area (Å²) in [5.41, 5.74) is 2.58. The highest BCUT2D eigenvalue weighted by atomic mass is 32.1. The maximum atomic E-state index is 5.24. The van der Waals surface area contributed by atoms with Crippen molar-refractivity contribution in [2.45, 2.75) is 19.9 Å². The van der Waals surface area contributed by atoms with E-state index in [9.17, 15) is 0 Å². The fourth-order valence-corrected chi connectivity index (χ4v) is 3.74. The SMILES string of the molecule is Cc1noc2ncnc(N3CCc4nc(N(C)C)sc4C3)c12. The third-order valence-electron chi connectivity index (χ3n) is 3.83. The number of anilines is 2. The van der Waals surface area contributed by atoms with Gasteiger partial charge in [-0.05, 0) is 6.92 Å². The molecular formula is C14H16N6OS. The molecule has 0 aromatic carbocycles. The van der Waals surface area contributed by atoms with Crippen LogP contribution in [0.4, 0.5) is 10.9 Å². The number of fused-ring (bicyclic) bond motifs is 2. The molecule has 0 fully saturated rings. The van der Waals surface area contributed by atoms with Gasteiger partial charge in [-0.25, -0.2) is 9.97 Å². The van der Waals surface area contributed by atoms with Crippen LogP contribution in [-0.4, -0.2) is 40.7 Å². The van der Waals surface area contributed by atoms with Gasteiger partial charge in [0.05, 0.1) is 17.9 Å². The summed E-state index contributed by atoms with van der Waals surface area (Å²) in [5.74, 6) is 0.897. The van der Waals surface area contributed by atoms with Crippen molar-refractivity contribution >= 4 is 33.4 Å². The molecule has 0 radical (unpaired) electrons. The molecular weight excluding hydrogens is 300 g/mol. The van der Waals surface area contributed by atoms with E-state index >= 15 is 0 Å². The Hall–Kier alpha value is -2.22. The molecule has 22 heavy (non-hydrogen) atoms. The first-order valence-electron chi connectivity index (χ1n) is 7.11. The molecule has 0 saturated carbocycles. The topological polar surface area (TPSA) is 71.2 Å². The zero-order valence-electron chi connectivity index (χ0n) is 12.7. The summed E-state index contributed by atoms with van der Waals surface area (Å²) in [6, 6.07) is 0. The smallest absolute Gasteiger partial charge is 0.263 e. The summed E-state index contributed by atoms with van der Waals surface area (Å²) in [6.07, 6.45) is 2.46. The lowest BCUT2D eigenvalue weighted by Gasteiger charge is -2.27. The number of aryl methyl sites for hydroxylation is 1. The van der Waals surface area contributed by atoms with Crippen LogP contribution in [-0.2, 0) is 13.0 Å². The molecule has 0 saturated heterocycles. The Kier molecular flexibility index (Phi) is 3.00. The van der Waals surface area contributed by atoms with Crippen LogP contribution >= 0.6 is 11.3 Å². The van der Waals surface area contributed by atoms with E-state index in [-0.39, 0.29) is 0 Å². The molecule has 0 aliphatic carbocycles. The molecule has 0 bridgehead atoms. The second-order valence-electron chi connectivity index (χ2n) is 5.58. The number of nitrogens with zero attached hydrogens (tertiary/aromatic N) is 6. The zero-order chi connectivity index (χ0) is 15.3. The third kappa shape index (κ3) is 2.02. The summed E-state index contributed by atoms with van der Waals surface area (Å²) >= 11 is 1.74. The summed E-state index contributed by atoms with van der Waals surface area (Å²) in [5, 5.41) is 5.96. The first-order chi connectivity index (χ1) is 10.6. The minimum Gasteiger partial charge on any atom is -0.354 e.